The van der Waals surface area contributed by atoms with Crippen LogP contribution in [0.5, 0.6) is 0 Å². The van der Waals surface area contributed by atoms with Crippen LogP contribution in [0.3, 0.4) is 0 Å². The summed E-state index contributed by atoms with van der Waals surface area (Å²) >= 11 is 5.64. The predicted octanol–water partition coefficient (Wildman–Crippen LogP) is 1.15. The Balaban J connectivity index is 2.42. The van der Waals surface area contributed by atoms with E-state index in [1.807, 2.05) is 6.92 Å². The Morgan fingerprint density at radius 3 is 2.62 bits per heavy atom. The zero-order valence-corrected chi connectivity index (χ0v) is 8.97. The number of carbonyl (C=O) groups is 1. The van der Waals surface area contributed by atoms with Crippen molar-refractivity contribution in [3.8, 4) is 0 Å². The lowest BCUT2D eigenvalue weighted by Crippen LogP contribution is -2.42. The van der Waals surface area contributed by atoms with Crippen LogP contribution in [0, 0.1) is 5.92 Å². The minimum Gasteiger partial charge on any atom is -0.376 e. The molecule has 1 heterocycles. The average molecular weight is 206 g/mol. The van der Waals surface area contributed by atoms with E-state index in [2.05, 4.69) is 12.2 Å². The Bertz CT molecular complexity index is 196. The van der Waals surface area contributed by atoms with Gasteiger partial charge in [-0.25, -0.2) is 0 Å². The summed E-state index contributed by atoms with van der Waals surface area (Å²) in [4.78, 5) is 11.3. The molecule has 0 spiro atoms. The van der Waals surface area contributed by atoms with E-state index in [4.69, 9.17) is 16.3 Å². The standard InChI is InChI=1S/C9H16ClNO2/c1-5-7(3)13-4-8(5)11-9(12)6(2)10/h5-8H,4H2,1-3H3,(H,11,12). The first kappa shape index (κ1) is 10.8. The second-order valence-electron chi connectivity index (χ2n) is 3.63. The molecule has 0 aliphatic carbocycles. The van der Waals surface area contributed by atoms with Gasteiger partial charge in [-0.05, 0) is 13.8 Å². The molecule has 3 nitrogen and oxygen atoms in total. The van der Waals surface area contributed by atoms with Crippen molar-refractivity contribution >= 4 is 17.5 Å². The highest BCUT2D eigenvalue weighted by atomic mass is 35.5. The maximum atomic E-state index is 11.3. The number of halogens is 1. The van der Waals surface area contributed by atoms with Crippen molar-refractivity contribution < 1.29 is 9.53 Å². The molecule has 0 aromatic carbocycles. The third-order valence-corrected chi connectivity index (χ3v) is 2.80. The topological polar surface area (TPSA) is 38.3 Å². The lowest BCUT2D eigenvalue weighted by Gasteiger charge is -2.17. The lowest BCUT2D eigenvalue weighted by atomic mass is 10.0. The molecule has 1 rings (SSSR count). The fourth-order valence-electron chi connectivity index (χ4n) is 1.36. The van der Waals surface area contributed by atoms with Gasteiger partial charge in [0.05, 0.1) is 18.8 Å². The van der Waals surface area contributed by atoms with Gasteiger partial charge in [-0.2, -0.15) is 0 Å². The van der Waals surface area contributed by atoms with E-state index >= 15 is 0 Å². The molecule has 76 valence electrons. The molecule has 0 aromatic rings. The third-order valence-electron chi connectivity index (χ3n) is 2.60. The molecular weight excluding hydrogens is 190 g/mol. The molecule has 0 aromatic heterocycles. The number of amides is 1. The zero-order valence-electron chi connectivity index (χ0n) is 8.21. The van der Waals surface area contributed by atoms with Crippen LogP contribution < -0.4 is 5.32 Å². The molecule has 0 radical (unpaired) electrons. The number of ether oxygens (including phenoxy) is 1. The van der Waals surface area contributed by atoms with Crippen molar-refractivity contribution in [2.45, 2.75) is 38.3 Å². The van der Waals surface area contributed by atoms with Crippen LogP contribution in [-0.4, -0.2) is 30.0 Å². The molecule has 4 unspecified atom stereocenters. The Morgan fingerprint density at radius 1 is 1.62 bits per heavy atom. The molecule has 1 N–H and O–H groups in total. The summed E-state index contributed by atoms with van der Waals surface area (Å²) in [5.74, 6) is 0.246. The zero-order chi connectivity index (χ0) is 10.0. The quantitative estimate of drug-likeness (QED) is 0.687. The van der Waals surface area contributed by atoms with Crippen molar-refractivity contribution in [2.24, 2.45) is 5.92 Å². The first-order valence-corrected chi connectivity index (χ1v) is 5.02. The molecule has 1 saturated heterocycles. The van der Waals surface area contributed by atoms with Gasteiger partial charge < -0.3 is 10.1 Å². The van der Waals surface area contributed by atoms with Gasteiger partial charge in [-0.3, -0.25) is 4.79 Å². The van der Waals surface area contributed by atoms with E-state index in [0.717, 1.165) is 0 Å². The van der Waals surface area contributed by atoms with Crippen molar-refractivity contribution in [3.63, 3.8) is 0 Å². The predicted molar refractivity (Wildman–Crippen MR) is 51.8 cm³/mol. The van der Waals surface area contributed by atoms with Gasteiger partial charge in [0.1, 0.15) is 5.38 Å². The Kier molecular flexibility index (Phi) is 3.56. The largest absolute Gasteiger partial charge is 0.376 e. The minimum atomic E-state index is -0.469. The normalized spacial score (nSPS) is 35.8. The fraction of sp³-hybridized carbons (Fsp3) is 0.889. The van der Waals surface area contributed by atoms with Crippen molar-refractivity contribution in [1.29, 1.82) is 0 Å². The highest BCUT2D eigenvalue weighted by Crippen LogP contribution is 2.20. The van der Waals surface area contributed by atoms with Crippen LogP contribution in [0.1, 0.15) is 20.8 Å². The molecule has 1 aliphatic rings. The number of alkyl halides is 1. The summed E-state index contributed by atoms with van der Waals surface area (Å²) in [5, 5.41) is 2.39. The van der Waals surface area contributed by atoms with E-state index in [1.165, 1.54) is 0 Å². The molecule has 4 heteroatoms. The molecule has 1 aliphatic heterocycles. The van der Waals surface area contributed by atoms with Crippen molar-refractivity contribution in [2.75, 3.05) is 6.61 Å². The number of hydrogen-bond donors (Lipinski definition) is 1. The highest BCUT2D eigenvalue weighted by Gasteiger charge is 2.32. The molecule has 4 atom stereocenters. The van der Waals surface area contributed by atoms with Gasteiger partial charge >= 0.3 is 0 Å². The maximum Gasteiger partial charge on any atom is 0.238 e. The fourth-order valence-corrected chi connectivity index (χ4v) is 1.42. The van der Waals surface area contributed by atoms with E-state index in [0.29, 0.717) is 12.5 Å². The molecule has 1 fully saturated rings. The molecule has 0 bridgehead atoms. The van der Waals surface area contributed by atoms with Crippen LogP contribution in [0.25, 0.3) is 0 Å². The van der Waals surface area contributed by atoms with Crippen molar-refractivity contribution in [3.05, 3.63) is 0 Å². The number of nitrogens with one attached hydrogen (secondary N) is 1. The van der Waals surface area contributed by atoms with E-state index < -0.39 is 5.38 Å². The smallest absolute Gasteiger partial charge is 0.238 e. The van der Waals surface area contributed by atoms with Gasteiger partial charge in [-0.15, -0.1) is 11.6 Å². The monoisotopic (exact) mass is 205 g/mol. The number of carbonyl (C=O) groups excluding carboxylic acids is 1. The first-order valence-electron chi connectivity index (χ1n) is 4.58. The average Bonchev–Trinajstić information content (AvgIpc) is 2.36. The number of hydrogen-bond acceptors (Lipinski definition) is 2. The minimum absolute atomic E-state index is 0.115. The first-order chi connectivity index (χ1) is 6.02. The summed E-state index contributed by atoms with van der Waals surface area (Å²) in [6.45, 7) is 6.35. The van der Waals surface area contributed by atoms with Crippen LogP contribution in [0.2, 0.25) is 0 Å². The Morgan fingerprint density at radius 2 is 2.23 bits per heavy atom. The maximum absolute atomic E-state index is 11.3. The Hall–Kier alpha value is -0.280. The second kappa shape index (κ2) is 4.29. The molecule has 13 heavy (non-hydrogen) atoms. The SMILES string of the molecule is CC(Cl)C(=O)NC1COC(C)C1C. The Labute approximate surface area is 83.8 Å². The van der Waals surface area contributed by atoms with Crippen LogP contribution in [0.15, 0.2) is 0 Å². The van der Waals surface area contributed by atoms with Gasteiger partial charge in [0.2, 0.25) is 5.91 Å². The highest BCUT2D eigenvalue weighted by molar-refractivity contribution is 6.30. The van der Waals surface area contributed by atoms with Gasteiger partial charge in [0, 0.05) is 5.92 Å². The van der Waals surface area contributed by atoms with Gasteiger partial charge in [0.15, 0.2) is 0 Å². The van der Waals surface area contributed by atoms with E-state index in [1.54, 1.807) is 6.92 Å². The van der Waals surface area contributed by atoms with Gasteiger partial charge in [0.25, 0.3) is 0 Å². The summed E-state index contributed by atoms with van der Waals surface area (Å²) in [6.07, 6.45) is 0.218. The summed E-state index contributed by atoms with van der Waals surface area (Å²) in [7, 11) is 0. The van der Waals surface area contributed by atoms with E-state index in [9.17, 15) is 4.79 Å². The second-order valence-corrected chi connectivity index (χ2v) is 4.28. The summed E-state index contributed by atoms with van der Waals surface area (Å²) < 4.78 is 5.40. The molecule has 1 amide bonds. The van der Waals surface area contributed by atoms with Crippen LogP contribution in [-0.2, 0) is 9.53 Å². The lowest BCUT2D eigenvalue weighted by molar-refractivity contribution is -0.121. The molecular formula is C9H16ClNO2. The van der Waals surface area contributed by atoms with E-state index in [-0.39, 0.29) is 18.1 Å². The van der Waals surface area contributed by atoms with Gasteiger partial charge in [-0.1, -0.05) is 6.92 Å². The van der Waals surface area contributed by atoms with Crippen LogP contribution in [0.4, 0.5) is 0 Å². The number of rotatable bonds is 2. The summed E-state index contributed by atoms with van der Waals surface area (Å²) in [5.41, 5.74) is 0. The summed E-state index contributed by atoms with van der Waals surface area (Å²) in [6, 6.07) is 0.115. The van der Waals surface area contributed by atoms with Crippen molar-refractivity contribution in [1.82, 2.24) is 5.32 Å². The van der Waals surface area contributed by atoms with Crippen LogP contribution >= 0.6 is 11.6 Å². The molecule has 0 saturated carbocycles. The third kappa shape index (κ3) is 2.58.